The van der Waals surface area contributed by atoms with Crippen LogP contribution in [-0.4, -0.2) is 17.6 Å². The SMILES string of the molecule is O=C(NCC1CCCCC1)c1cccc(O)c1. The lowest BCUT2D eigenvalue weighted by Gasteiger charge is -2.21. The fourth-order valence-corrected chi connectivity index (χ4v) is 2.38. The van der Waals surface area contributed by atoms with Gasteiger partial charge in [0.05, 0.1) is 0 Å². The number of amides is 1. The topological polar surface area (TPSA) is 49.3 Å². The Bertz CT molecular complexity index is 384. The van der Waals surface area contributed by atoms with Crippen LogP contribution >= 0.6 is 0 Å². The minimum Gasteiger partial charge on any atom is -0.508 e. The van der Waals surface area contributed by atoms with Gasteiger partial charge >= 0.3 is 0 Å². The molecule has 1 fully saturated rings. The molecular weight excluding hydrogens is 214 g/mol. The number of hydrogen-bond donors (Lipinski definition) is 2. The first kappa shape index (κ1) is 12.0. The molecule has 0 atom stereocenters. The maximum atomic E-state index is 11.8. The molecule has 1 aliphatic carbocycles. The number of carbonyl (C=O) groups is 1. The fourth-order valence-electron chi connectivity index (χ4n) is 2.38. The summed E-state index contributed by atoms with van der Waals surface area (Å²) in [6.07, 6.45) is 6.34. The number of phenolic OH excluding ortho intramolecular Hbond substituents is 1. The molecule has 3 heteroatoms. The molecule has 0 aliphatic heterocycles. The average molecular weight is 233 g/mol. The van der Waals surface area contributed by atoms with Gasteiger partial charge in [0.2, 0.25) is 0 Å². The minimum absolute atomic E-state index is 0.0912. The molecular formula is C14H19NO2. The Morgan fingerprint density at radius 3 is 2.76 bits per heavy atom. The molecule has 1 aromatic rings. The average Bonchev–Trinajstić information content (AvgIpc) is 2.37. The van der Waals surface area contributed by atoms with E-state index in [0.717, 1.165) is 6.54 Å². The molecule has 1 aromatic carbocycles. The first-order chi connectivity index (χ1) is 8.25. The summed E-state index contributed by atoms with van der Waals surface area (Å²) in [5.41, 5.74) is 0.529. The third-order valence-electron chi connectivity index (χ3n) is 3.38. The van der Waals surface area contributed by atoms with Crippen LogP contribution in [0.25, 0.3) is 0 Å². The van der Waals surface area contributed by atoms with Gasteiger partial charge in [0, 0.05) is 12.1 Å². The van der Waals surface area contributed by atoms with Crippen LogP contribution in [0.15, 0.2) is 24.3 Å². The van der Waals surface area contributed by atoms with Crippen molar-refractivity contribution in [1.82, 2.24) is 5.32 Å². The van der Waals surface area contributed by atoms with Crippen LogP contribution in [-0.2, 0) is 0 Å². The predicted octanol–water partition coefficient (Wildman–Crippen LogP) is 2.70. The van der Waals surface area contributed by atoms with Crippen molar-refractivity contribution in [1.29, 1.82) is 0 Å². The zero-order valence-corrected chi connectivity index (χ0v) is 9.98. The Balaban J connectivity index is 1.84. The van der Waals surface area contributed by atoms with E-state index in [0.29, 0.717) is 11.5 Å². The molecule has 0 heterocycles. The van der Waals surface area contributed by atoms with Crippen molar-refractivity contribution in [3.63, 3.8) is 0 Å². The smallest absolute Gasteiger partial charge is 0.251 e. The molecule has 92 valence electrons. The molecule has 0 spiro atoms. The van der Waals surface area contributed by atoms with Crippen molar-refractivity contribution in [2.75, 3.05) is 6.54 Å². The normalized spacial score (nSPS) is 16.7. The summed E-state index contributed by atoms with van der Waals surface area (Å²) in [6.45, 7) is 0.758. The molecule has 1 amide bonds. The van der Waals surface area contributed by atoms with Gasteiger partial charge in [-0.25, -0.2) is 0 Å². The molecule has 3 nitrogen and oxygen atoms in total. The Morgan fingerprint density at radius 2 is 2.06 bits per heavy atom. The van der Waals surface area contributed by atoms with Gasteiger partial charge in [-0.2, -0.15) is 0 Å². The van der Waals surface area contributed by atoms with Gasteiger partial charge < -0.3 is 10.4 Å². The summed E-state index contributed by atoms with van der Waals surface area (Å²) in [6, 6.07) is 6.47. The van der Waals surface area contributed by atoms with E-state index in [1.54, 1.807) is 18.2 Å². The maximum absolute atomic E-state index is 11.8. The lowest BCUT2D eigenvalue weighted by atomic mass is 9.89. The number of aromatic hydroxyl groups is 1. The van der Waals surface area contributed by atoms with Gasteiger partial charge in [0.1, 0.15) is 5.75 Å². The highest BCUT2D eigenvalue weighted by atomic mass is 16.3. The molecule has 0 aromatic heterocycles. The predicted molar refractivity (Wildman–Crippen MR) is 67.0 cm³/mol. The maximum Gasteiger partial charge on any atom is 0.251 e. The molecule has 0 saturated heterocycles. The van der Waals surface area contributed by atoms with Crippen LogP contribution in [0, 0.1) is 5.92 Å². The van der Waals surface area contributed by atoms with Crippen LogP contribution in [0.5, 0.6) is 5.75 Å². The molecule has 1 aliphatic rings. The Labute approximate surface area is 102 Å². The van der Waals surface area contributed by atoms with Crippen molar-refractivity contribution >= 4 is 5.91 Å². The van der Waals surface area contributed by atoms with Gasteiger partial charge in [-0.05, 0) is 37.0 Å². The molecule has 2 N–H and O–H groups in total. The highest BCUT2D eigenvalue weighted by molar-refractivity contribution is 5.94. The largest absolute Gasteiger partial charge is 0.508 e. The number of hydrogen-bond acceptors (Lipinski definition) is 2. The minimum atomic E-state index is -0.0912. The highest BCUT2D eigenvalue weighted by Gasteiger charge is 2.14. The molecule has 0 unspecified atom stereocenters. The van der Waals surface area contributed by atoms with E-state index in [2.05, 4.69) is 5.32 Å². The zero-order chi connectivity index (χ0) is 12.1. The van der Waals surface area contributed by atoms with E-state index in [1.165, 1.54) is 38.2 Å². The quantitative estimate of drug-likeness (QED) is 0.843. The second-order valence-corrected chi connectivity index (χ2v) is 4.76. The number of benzene rings is 1. The Kier molecular flexibility index (Phi) is 4.02. The summed E-state index contributed by atoms with van der Waals surface area (Å²) >= 11 is 0. The van der Waals surface area contributed by atoms with Gasteiger partial charge in [-0.3, -0.25) is 4.79 Å². The van der Waals surface area contributed by atoms with Crippen molar-refractivity contribution in [2.24, 2.45) is 5.92 Å². The second-order valence-electron chi connectivity index (χ2n) is 4.76. The first-order valence-electron chi connectivity index (χ1n) is 6.33. The Morgan fingerprint density at radius 1 is 1.29 bits per heavy atom. The van der Waals surface area contributed by atoms with E-state index >= 15 is 0 Å². The van der Waals surface area contributed by atoms with Crippen molar-refractivity contribution in [3.8, 4) is 5.75 Å². The summed E-state index contributed by atoms with van der Waals surface area (Å²) < 4.78 is 0. The summed E-state index contributed by atoms with van der Waals surface area (Å²) in [4.78, 5) is 11.8. The van der Waals surface area contributed by atoms with Crippen molar-refractivity contribution in [3.05, 3.63) is 29.8 Å². The van der Waals surface area contributed by atoms with Crippen LogP contribution in [0.2, 0.25) is 0 Å². The molecule has 0 bridgehead atoms. The van der Waals surface area contributed by atoms with Gasteiger partial charge in [-0.1, -0.05) is 25.3 Å². The van der Waals surface area contributed by atoms with Crippen LogP contribution in [0.4, 0.5) is 0 Å². The van der Waals surface area contributed by atoms with Crippen LogP contribution in [0.1, 0.15) is 42.5 Å². The monoisotopic (exact) mass is 233 g/mol. The molecule has 2 rings (SSSR count). The van der Waals surface area contributed by atoms with Crippen LogP contribution in [0.3, 0.4) is 0 Å². The van der Waals surface area contributed by atoms with E-state index in [1.807, 2.05) is 0 Å². The Hall–Kier alpha value is -1.51. The van der Waals surface area contributed by atoms with E-state index in [4.69, 9.17) is 0 Å². The van der Waals surface area contributed by atoms with Crippen LogP contribution < -0.4 is 5.32 Å². The molecule has 1 saturated carbocycles. The number of phenols is 1. The summed E-state index contributed by atoms with van der Waals surface area (Å²) in [5, 5.41) is 12.2. The van der Waals surface area contributed by atoms with Gasteiger partial charge in [-0.15, -0.1) is 0 Å². The van der Waals surface area contributed by atoms with Gasteiger partial charge in [0.15, 0.2) is 0 Å². The fraction of sp³-hybridized carbons (Fsp3) is 0.500. The zero-order valence-electron chi connectivity index (χ0n) is 9.98. The summed E-state index contributed by atoms with van der Waals surface area (Å²) in [7, 11) is 0. The lowest BCUT2D eigenvalue weighted by molar-refractivity contribution is 0.0943. The van der Waals surface area contributed by atoms with Crippen molar-refractivity contribution in [2.45, 2.75) is 32.1 Å². The highest BCUT2D eigenvalue weighted by Crippen LogP contribution is 2.22. The van der Waals surface area contributed by atoms with E-state index < -0.39 is 0 Å². The second kappa shape index (κ2) is 5.71. The lowest BCUT2D eigenvalue weighted by Crippen LogP contribution is -2.30. The van der Waals surface area contributed by atoms with E-state index in [9.17, 15) is 9.90 Å². The molecule has 17 heavy (non-hydrogen) atoms. The first-order valence-corrected chi connectivity index (χ1v) is 6.33. The van der Waals surface area contributed by atoms with Gasteiger partial charge in [0.25, 0.3) is 5.91 Å². The standard InChI is InChI=1S/C14H19NO2/c16-13-8-4-7-12(9-13)14(17)15-10-11-5-2-1-3-6-11/h4,7-9,11,16H,1-3,5-6,10H2,(H,15,17). The number of carbonyl (C=O) groups excluding carboxylic acids is 1. The molecule has 0 radical (unpaired) electrons. The number of nitrogens with one attached hydrogen (secondary N) is 1. The third kappa shape index (κ3) is 3.48. The van der Waals surface area contributed by atoms with E-state index in [-0.39, 0.29) is 11.7 Å². The number of rotatable bonds is 3. The summed E-state index contributed by atoms with van der Waals surface area (Å²) in [5.74, 6) is 0.673. The van der Waals surface area contributed by atoms with Crippen molar-refractivity contribution < 1.29 is 9.90 Å². The third-order valence-corrected chi connectivity index (χ3v) is 3.38.